The van der Waals surface area contributed by atoms with Gasteiger partial charge in [0.15, 0.2) is 5.84 Å². The number of nitrogens with one attached hydrogen (secondary N) is 1. The summed E-state index contributed by atoms with van der Waals surface area (Å²) in [5.41, 5.74) is 8.04. The Labute approximate surface area is 138 Å². The maximum atomic E-state index is 4.78. The summed E-state index contributed by atoms with van der Waals surface area (Å²) in [4.78, 5) is 10.1. The van der Waals surface area contributed by atoms with E-state index in [0.717, 1.165) is 33.2 Å². The molecule has 23 heavy (non-hydrogen) atoms. The highest BCUT2D eigenvalue weighted by Crippen LogP contribution is 2.27. The van der Waals surface area contributed by atoms with Gasteiger partial charge >= 0.3 is 0 Å². The van der Waals surface area contributed by atoms with E-state index in [-0.39, 0.29) is 0 Å². The van der Waals surface area contributed by atoms with Crippen LogP contribution in [0.2, 0.25) is 0 Å². The van der Waals surface area contributed by atoms with Gasteiger partial charge in [0.25, 0.3) is 0 Å². The zero-order valence-electron chi connectivity index (χ0n) is 12.5. The Balaban J connectivity index is 1.90. The van der Waals surface area contributed by atoms with E-state index in [1.54, 1.807) is 17.5 Å². The third-order valence-electron chi connectivity index (χ3n) is 3.60. The molecule has 1 aliphatic rings. The summed E-state index contributed by atoms with van der Waals surface area (Å²) in [6.07, 6.45) is 3.59. The minimum atomic E-state index is 0.768. The lowest BCUT2D eigenvalue weighted by atomic mass is 10.0. The average Bonchev–Trinajstić information content (AvgIpc) is 3.05. The average molecular weight is 318 g/mol. The molecular formula is C18H14N4S. The van der Waals surface area contributed by atoms with Crippen molar-refractivity contribution in [2.45, 2.75) is 6.92 Å². The van der Waals surface area contributed by atoms with Crippen LogP contribution in [-0.2, 0) is 0 Å². The van der Waals surface area contributed by atoms with Crippen LogP contribution in [0.4, 0.5) is 5.69 Å². The van der Waals surface area contributed by atoms with Gasteiger partial charge in [0.05, 0.1) is 10.6 Å². The molecule has 0 spiro atoms. The second-order valence-electron chi connectivity index (χ2n) is 5.27. The Hall–Kier alpha value is -2.79. The predicted octanol–water partition coefficient (Wildman–Crippen LogP) is 3.89. The van der Waals surface area contributed by atoms with Crippen molar-refractivity contribution >= 4 is 28.6 Å². The Kier molecular flexibility index (Phi) is 3.48. The van der Waals surface area contributed by atoms with E-state index in [9.17, 15) is 0 Å². The molecule has 4 nitrogen and oxygen atoms in total. The van der Waals surface area contributed by atoms with Gasteiger partial charge in [-0.15, -0.1) is 11.3 Å². The van der Waals surface area contributed by atoms with Gasteiger partial charge in [-0.05, 0) is 42.6 Å². The first-order chi connectivity index (χ1) is 11.3. The maximum absolute atomic E-state index is 4.78. The van der Waals surface area contributed by atoms with Gasteiger partial charge in [-0.1, -0.05) is 17.7 Å². The molecule has 0 saturated carbocycles. The summed E-state index contributed by atoms with van der Waals surface area (Å²) >= 11 is 1.64. The van der Waals surface area contributed by atoms with Crippen LogP contribution in [0, 0.1) is 6.92 Å². The number of aromatic nitrogens is 1. The van der Waals surface area contributed by atoms with Crippen molar-refractivity contribution in [3.8, 4) is 0 Å². The molecule has 1 N–H and O–H groups in total. The summed E-state index contributed by atoms with van der Waals surface area (Å²) in [5, 5.41) is 6.65. The van der Waals surface area contributed by atoms with Gasteiger partial charge in [0.2, 0.25) is 0 Å². The van der Waals surface area contributed by atoms with E-state index >= 15 is 0 Å². The highest BCUT2D eigenvalue weighted by Gasteiger charge is 2.17. The molecule has 4 rings (SSSR count). The summed E-state index contributed by atoms with van der Waals surface area (Å²) in [7, 11) is 0. The first-order valence-corrected chi connectivity index (χ1v) is 8.17. The second kappa shape index (κ2) is 5.78. The number of pyridine rings is 1. The lowest BCUT2D eigenvalue weighted by molar-refractivity contribution is 1.03. The molecule has 0 unspecified atom stereocenters. The van der Waals surface area contributed by atoms with Crippen molar-refractivity contribution in [2.75, 3.05) is 0 Å². The number of amidine groups is 1. The normalized spacial score (nSPS) is 13.4. The number of rotatable bonds is 2. The molecule has 0 fully saturated rings. The number of hydrogen-bond acceptors (Lipinski definition) is 5. The fraction of sp³-hybridized carbons (Fsp3) is 0.0556. The van der Waals surface area contributed by atoms with Crippen molar-refractivity contribution in [3.05, 3.63) is 81.8 Å². The molecule has 0 atom stereocenters. The SMILES string of the molecule is Cc1ccc2c(c1)C(c1cccnc1)=NNC(c1cccs1)=N2. The minimum absolute atomic E-state index is 0.768. The standard InChI is InChI=1S/C18H14N4S/c1-12-6-7-15-14(10-12)17(13-4-2-8-19-11-13)21-22-18(20-15)16-5-3-9-23-16/h2-11H,1H3,(H,20,22). The molecular weight excluding hydrogens is 304 g/mol. The lowest BCUT2D eigenvalue weighted by Gasteiger charge is -2.08. The third kappa shape index (κ3) is 2.66. The molecule has 3 heterocycles. The van der Waals surface area contributed by atoms with Gasteiger partial charge in [-0.25, -0.2) is 4.99 Å². The smallest absolute Gasteiger partial charge is 0.164 e. The van der Waals surface area contributed by atoms with Crippen molar-refractivity contribution in [3.63, 3.8) is 0 Å². The van der Waals surface area contributed by atoms with Gasteiger partial charge in [-0.3, -0.25) is 10.4 Å². The molecule has 5 heteroatoms. The molecule has 0 amide bonds. The monoisotopic (exact) mass is 318 g/mol. The number of hydrogen-bond donors (Lipinski definition) is 1. The molecule has 0 saturated heterocycles. The summed E-state index contributed by atoms with van der Waals surface area (Å²) < 4.78 is 0. The van der Waals surface area contributed by atoms with Crippen LogP contribution >= 0.6 is 11.3 Å². The number of benzene rings is 1. The molecule has 112 valence electrons. The summed E-state index contributed by atoms with van der Waals surface area (Å²) in [5.74, 6) is 0.768. The lowest BCUT2D eigenvalue weighted by Crippen LogP contribution is -2.18. The van der Waals surface area contributed by atoms with E-state index in [4.69, 9.17) is 4.99 Å². The number of hydrazone groups is 1. The molecule has 3 aromatic rings. The van der Waals surface area contributed by atoms with E-state index in [1.165, 1.54) is 5.56 Å². The molecule has 1 aliphatic heterocycles. The first kappa shape index (κ1) is 13.8. The number of aliphatic imine (C=N–C) groups is 1. The third-order valence-corrected chi connectivity index (χ3v) is 4.48. The Morgan fingerprint density at radius 1 is 1.09 bits per heavy atom. The van der Waals surface area contributed by atoms with Crippen LogP contribution in [0.1, 0.15) is 21.6 Å². The fourth-order valence-corrected chi connectivity index (χ4v) is 3.16. The zero-order valence-corrected chi connectivity index (χ0v) is 13.3. The number of nitrogens with zero attached hydrogens (tertiary/aromatic N) is 3. The zero-order chi connectivity index (χ0) is 15.6. The van der Waals surface area contributed by atoms with Gasteiger partial charge in [0, 0.05) is 23.5 Å². The van der Waals surface area contributed by atoms with E-state index in [0.29, 0.717) is 0 Å². The summed E-state index contributed by atoms with van der Waals surface area (Å²) in [6, 6.07) is 14.2. The first-order valence-electron chi connectivity index (χ1n) is 7.29. The summed E-state index contributed by atoms with van der Waals surface area (Å²) in [6.45, 7) is 2.07. The predicted molar refractivity (Wildman–Crippen MR) is 94.7 cm³/mol. The quantitative estimate of drug-likeness (QED) is 0.779. The fourth-order valence-electron chi connectivity index (χ4n) is 2.50. The van der Waals surface area contributed by atoms with E-state index in [1.807, 2.05) is 41.9 Å². The molecule has 0 aliphatic carbocycles. The Bertz CT molecular complexity index is 896. The van der Waals surface area contributed by atoms with E-state index in [2.05, 4.69) is 34.6 Å². The molecule has 0 radical (unpaired) electrons. The number of thiophene rings is 1. The van der Waals surface area contributed by atoms with E-state index < -0.39 is 0 Å². The van der Waals surface area contributed by atoms with Gasteiger partial charge in [-0.2, -0.15) is 5.10 Å². The molecule has 0 bridgehead atoms. The highest BCUT2D eigenvalue weighted by molar-refractivity contribution is 7.12. The number of fused-ring (bicyclic) bond motifs is 1. The highest BCUT2D eigenvalue weighted by atomic mass is 32.1. The van der Waals surface area contributed by atoms with Crippen molar-refractivity contribution in [1.82, 2.24) is 10.4 Å². The van der Waals surface area contributed by atoms with Crippen molar-refractivity contribution in [1.29, 1.82) is 0 Å². The molecule has 1 aromatic carbocycles. The van der Waals surface area contributed by atoms with Gasteiger partial charge in [0.1, 0.15) is 5.71 Å². The maximum Gasteiger partial charge on any atom is 0.164 e. The Morgan fingerprint density at radius 3 is 2.83 bits per heavy atom. The Morgan fingerprint density at radius 2 is 2.04 bits per heavy atom. The topological polar surface area (TPSA) is 49.6 Å². The van der Waals surface area contributed by atoms with Gasteiger partial charge < -0.3 is 0 Å². The number of aryl methyl sites for hydroxylation is 1. The van der Waals surface area contributed by atoms with Crippen LogP contribution in [0.15, 0.2) is 70.3 Å². The second-order valence-corrected chi connectivity index (χ2v) is 6.22. The van der Waals surface area contributed by atoms with Crippen LogP contribution in [-0.4, -0.2) is 16.5 Å². The minimum Gasteiger partial charge on any atom is -0.264 e. The van der Waals surface area contributed by atoms with Crippen LogP contribution < -0.4 is 5.43 Å². The largest absolute Gasteiger partial charge is 0.264 e. The van der Waals surface area contributed by atoms with Crippen LogP contribution in [0.5, 0.6) is 0 Å². The van der Waals surface area contributed by atoms with Crippen molar-refractivity contribution in [2.24, 2.45) is 10.1 Å². The molecule has 2 aromatic heterocycles. The van der Waals surface area contributed by atoms with Crippen molar-refractivity contribution < 1.29 is 0 Å². The van der Waals surface area contributed by atoms with Crippen LogP contribution in [0.3, 0.4) is 0 Å². The van der Waals surface area contributed by atoms with Crippen LogP contribution in [0.25, 0.3) is 0 Å².